The highest BCUT2D eigenvalue weighted by Gasteiger charge is 2.61. The van der Waals surface area contributed by atoms with Crippen LogP contribution in [-0.2, 0) is 20.8 Å². The second-order valence-electron chi connectivity index (χ2n) is 10.6. The number of nitrogens with two attached hydrogens (primary N) is 1. The van der Waals surface area contributed by atoms with Crippen molar-refractivity contribution in [3.63, 3.8) is 0 Å². The number of alkyl halides is 3. The van der Waals surface area contributed by atoms with Crippen LogP contribution in [0.25, 0.3) is 5.76 Å². The highest BCUT2D eigenvalue weighted by Crippen LogP contribution is 2.58. The number of anilines is 1. The number of hydrogen-bond donors (Lipinski definition) is 7. The highest BCUT2D eigenvalue weighted by molar-refractivity contribution is 6.22. The van der Waals surface area contributed by atoms with Crippen LogP contribution >= 0.6 is 0 Å². The first-order valence-corrected chi connectivity index (χ1v) is 12.4. The zero-order valence-corrected chi connectivity index (χ0v) is 20.2. The summed E-state index contributed by atoms with van der Waals surface area (Å²) in [7, 11) is 0. The molecular weight excluding hydrogens is 527 g/mol. The molecule has 0 spiro atoms. The number of rotatable bonds is 2. The fraction of sp³-hybridized carbons (Fsp3) is 0.480. The first kappa shape index (κ1) is 25.5. The van der Waals surface area contributed by atoms with Gasteiger partial charge in [0.15, 0.2) is 17.1 Å². The van der Waals surface area contributed by atoms with E-state index in [9.17, 15) is 48.0 Å². The Labute approximate surface area is 218 Å². The number of ether oxygens (including phenoxy) is 1. The molecule has 0 aromatic heterocycles. The molecular formula is C25H24F3N3O8. The number of aromatic hydroxyl groups is 1. The van der Waals surface area contributed by atoms with Gasteiger partial charge in [-0.05, 0) is 37.6 Å². The van der Waals surface area contributed by atoms with Gasteiger partial charge in [-0.2, -0.15) is 0 Å². The van der Waals surface area contributed by atoms with E-state index in [0.717, 1.165) is 0 Å². The van der Waals surface area contributed by atoms with Crippen molar-refractivity contribution in [2.45, 2.75) is 43.7 Å². The van der Waals surface area contributed by atoms with Crippen molar-refractivity contribution >= 4 is 28.9 Å². The number of phenols is 1. The van der Waals surface area contributed by atoms with Gasteiger partial charge in [-0.15, -0.1) is 13.2 Å². The summed E-state index contributed by atoms with van der Waals surface area (Å²) in [4.78, 5) is 37.9. The largest absolute Gasteiger partial charge is 0.573 e. The predicted octanol–water partition coefficient (Wildman–Crippen LogP) is 1.40. The monoisotopic (exact) mass is 551 g/mol. The van der Waals surface area contributed by atoms with Crippen molar-refractivity contribution < 1.29 is 52.7 Å². The van der Waals surface area contributed by atoms with E-state index in [1.165, 1.54) is 0 Å². The molecule has 3 unspecified atom stereocenters. The Hall–Kier alpha value is -3.78. The molecule has 5 atom stereocenters. The predicted molar refractivity (Wildman–Crippen MR) is 125 cm³/mol. The highest BCUT2D eigenvalue weighted by atomic mass is 19.4. The Morgan fingerprint density at radius 3 is 2.54 bits per heavy atom. The summed E-state index contributed by atoms with van der Waals surface area (Å²) >= 11 is 0. The molecule has 208 valence electrons. The van der Waals surface area contributed by atoms with Gasteiger partial charge in [0.2, 0.25) is 5.78 Å². The second kappa shape index (κ2) is 8.11. The fourth-order valence-corrected chi connectivity index (χ4v) is 7.00. The Kier molecular flexibility index (Phi) is 5.30. The van der Waals surface area contributed by atoms with Crippen LogP contribution in [-0.4, -0.2) is 63.0 Å². The van der Waals surface area contributed by atoms with Gasteiger partial charge in [-0.25, -0.2) is 0 Å². The lowest BCUT2D eigenvalue weighted by Gasteiger charge is -2.46. The average Bonchev–Trinajstić information content (AvgIpc) is 3.31. The van der Waals surface area contributed by atoms with Gasteiger partial charge >= 0.3 is 6.36 Å². The normalized spacial score (nSPS) is 31.6. The topological polar surface area (TPSA) is 191 Å². The van der Waals surface area contributed by atoms with Gasteiger partial charge in [-0.3, -0.25) is 14.4 Å². The number of nitrogens with one attached hydrogen (secondary N) is 2. The zero-order valence-electron chi connectivity index (χ0n) is 20.2. The molecule has 1 aromatic carbocycles. The van der Waals surface area contributed by atoms with Crippen molar-refractivity contribution in [2.24, 2.45) is 23.5 Å². The molecule has 14 heteroatoms. The minimum Gasteiger partial charge on any atom is -0.508 e. The summed E-state index contributed by atoms with van der Waals surface area (Å²) < 4.78 is 45.6. The third-order valence-corrected chi connectivity index (χ3v) is 8.64. The number of phenolic OH excluding ortho intramolecular Hbond substituents is 1. The molecule has 5 aliphatic rings. The number of halogens is 3. The van der Waals surface area contributed by atoms with E-state index >= 15 is 0 Å². The Morgan fingerprint density at radius 1 is 1.15 bits per heavy atom. The van der Waals surface area contributed by atoms with E-state index in [2.05, 4.69) is 15.4 Å². The van der Waals surface area contributed by atoms with Gasteiger partial charge in [-0.1, -0.05) is 0 Å². The summed E-state index contributed by atoms with van der Waals surface area (Å²) in [5.74, 6) is -9.13. The van der Waals surface area contributed by atoms with Crippen molar-refractivity contribution in [1.82, 2.24) is 5.32 Å². The van der Waals surface area contributed by atoms with Crippen molar-refractivity contribution in [3.8, 4) is 11.5 Å². The fourth-order valence-electron chi connectivity index (χ4n) is 7.00. The average molecular weight is 551 g/mol. The van der Waals surface area contributed by atoms with Gasteiger partial charge in [0.25, 0.3) is 5.91 Å². The van der Waals surface area contributed by atoms with Crippen molar-refractivity contribution in [2.75, 3.05) is 18.4 Å². The number of Topliss-reactive ketones (excluding diaryl/α,β-unsaturated/α-hetero) is 2. The molecule has 0 bridgehead atoms. The van der Waals surface area contributed by atoms with E-state index in [1.54, 1.807) is 0 Å². The number of carbonyl (C=O) groups excluding carboxylic acids is 3. The van der Waals surface area contributed by atoms with Crippen LogP contribution in [0.5, 0.6) is 11.5 Å². The lowest BCUT2D eigenvalue weighted by Crippen LogP contribution is -2.58. The number of amides is 1. The quantitative estimate of drug-likeness (QED) is 0.209. The van der Waals surface area contributed by atoms with Crippen LogP contribution in [0.1, 0.15) is 42.0 Å². The molecule has 1 saturated carbocycles. The van der Waals surface area contributed by atoms with Gasteiger partial charge in [0, 0.05) is 41.6 Å². The van der Waals surface area contributed by atoms with Crippen LogP contribution in [0.3, 0.4) is 0 Å². The van der Waals surface area contributed by atoms with E-state index in [4.69, 9.17) is 5.73 Å². The van der Waals surface area contributed by atoms with Crippen LogP contribution in [0, 0.1) is 17.8 Å². The molecule has 2 aliphatic heterocycles. The molecule has 39 heavy (non-hydrogen) atoms. The molecule has 11 nitrogen and oxygen atoms in total. The summed E-state index contributed by atoms with van der Waals surface area (Å²) in [6.07, 6.45) is -5.51. The number of ketones is 2. The first-order chi connectivity index (χ1) is 18.3. The van der Waals surface area contributed by atoms with E-state index < -0.39 is 93.5 Å². The van der Waals surface area contributed by atoms with Crippen molar-refractivity contribution in [3.05, 3.63) is 33.6 Å². The molecule has 0 radical (unpaired) electrons. The minimum absolute atomic E-state index is 0.0618. The van der Waals surface area contributed by atoms with Crippen molar-refractivity contribution in [1.29, 1.82) is 0 Å². The smallest absolute Gasteiger partial charge is 0.508 e. The second-order valence-corrected chi connectivity index (χ2v) is 10.6. The Bertz CT molecular complexity index is 1430. The molecule has 1 saturated heterocycles. The number of hydrogen-bond acceptors (Lipinski definition) is 10. The molecule has 3 aliphatic carbocycles. The maximum atomic E-state index is 13.7. The van der Waals surface area contributed by atoms with Crippen LogP contribution in [0.4, 0.5) is 18.9 Å². The molecule has 8 N–H and O–H groups in total. The number of aliphatic hydroxyl groups excluding tert-OH is 2. The van der Waals surface area contributed by atoms with Gasteiger partial charge < -0.3 is 41.5 Å². The van der Waals surface area contributed by atoms with E-state index in [0.29, 0.717) is 19.5 Å². The lowest BCUT2D eigenvalue weighted by atomic mass is 9.59. The molecule has 2 fully saturated rings. The maximum absolute atomic E-state index is 13.7. The maximum Gasteiger partial charge on any atom is 0.573 e. The van der Waals surface area contributed by atoms with Gasteiger partial charge in [0.05, 0.1) is 11.3 Å². The summed E-state index contributed by atoms with van der Waals surface area (Å²) in [6.45, 7) is 0.857. The Balaban J connectivity index is 1.58. The number of primary amides is 1. The molecule has 2 heterocycles. The first-order valence-electron chi connectivity index (χ1n) is 12.4. The summed E-state index contributed by atoms with van der Waals surface area (Å²) in [5.41, 5.74) is 0.343. The number of aliphatic hydroxyl groups is 3. The van der Waals surface area contributed by atoms with Crippen LogP contribution in [0.2, 0.25) is 0 Å². The number of benzene rings is 1. The summed E-state index contributed by atoms with van der Waals surface area (Å²) in [5, 5.41) is 50.5. The number of carbonyl (C=O) groups is 3. The van der Waals surface area contributed by atoms with Crippen LogP contribution < -0.4 is 21.1 Å². The summed E-state index contributed by atoms with van der Waals surface area (Å²) in [6, 6.07) is -0.564. The minimum atomic E-state index is -5.12. The third kappa shape index (κ3) is 3.40. The lowest BCUT2D eigenvalue weighted by molar-refractivity contribution is -0.275. The third-order valence-electron chi connectivity index (χ3n) is 8.64. The number of fused-ring (bicyclic) bond motifs is 6. The molecule has 1 amide bonds. The standard InChI is InChI=1S/C25H24F3N3O8/c26-25(27,28)39-20-10-4-8-3-9-5-11(32)14(23(29)37)22(36)24(9,38)21(35)12(8)18(33)13(10)19(34)17-15(20)16-7(6-31-17)1-2-30-16/h7-9,16,30-31,33-34,36,38H,1-6H2,(H2,29,37)/t7?,8?,9-,16?,24-/m0/s1. The zero-order chi connectivity index (χ0) is 28.2. The van der Waals surface area contributed by atoms with E-state index in [-0.39, 0.29) is 35.6 Å². The molecule has 1 aromatic rings. The van der Waals surface area contributed by atoms with Gasteiger partial charge in [0.1, 0.15) is 22.8 Å². The SMILES string of the molecule is NC(=O)C1=C(O)[C@@]2(O)C(=O)C3=C(O)c4c(O)c5c(c(OC(F)(F)F)c4CC3C[C@H]2CC1=O)C1NCCC1CN5. The molecule has 6 rings (SSSR count). The van der Waals surface area contributed by atoms with Crippen LogP contribution in [0.15, 0.2) is 16.9 Å². The Morgan fingerprint density at radius 2 is 1.87 bits per heavy atom. The van der Waals surface area contributed by atoms with E-state index in [1.807, 2.05) is 0 Å².